The van der Waals surface area contributed by atoms with Crippen LogP contribution >= 0.6 is 0 Å². The van der Waals surface area contributed by atoms with Crippen molar-refractivity contribution in [2.24, 2.45) is 5.41 Å². The molecular formula is C19H26N4O3. The van der Waals surface area contributed by atoms with Gasteiger partial charge in [-0.25, -0.2) is 4.79 Å². The SMILES string of the molecule is COC(=O)c1ccc2n[nH]c(CNCC3(C(=O)N(C)C)CCCC3)c2c1. The van der Waals surface area contributed by atoms with Gasteiger partial charge in [-0.15, -0.1) is 0 Å². The number of H-pyrrole nitrogens is 1. The zero-order valence-corrected chi connectivity index (χ0v) is 15.6. The van der Waals surface area contributed by atoms with E-state index in [9.17, 15) is 9.59 Å². The number of carbonyl (C=O) groups excluding carboxylic acids is 2. The van der Waals surface area contributed by atoms with Crippen molar-refractivity contribution in [1.29, 1.82) is 0 Å². The number of hydrogen-bond donors (Lipinski definition) is 2. The number of nitrogens with one attached hydrogen (secondary N) is 2. The van der Waals surface area contributed by atoms with Crippen LogP contribution in [0.3, 0.4) is 0 Å². The highest BCUT2D eigenvalue weighted by Crippen LogP contribution is 2.39. The third-order valence-corrected chi connectivity index (χ3v) is 5.24. The number of carbonyl (C=O) groups is 2. The van der Waals surface area contributed by atoms with Gasteiger partial charge in [0.25, 0.3) is 0 Å². The van der Waals surface area contributed by atoms with Gasteiger partial charge in [0.15, 0.2) is 0 Å². The van der Waals surface area contributed by atoms with Gasteiger partial charge >= 0.3 is 5.97 Å². The lowest BCUT2D eigenvalue weighted by Gasteiger charge is -2.30. The van der Waals surface area contributed by atoms with Gasteiger partial charge in [-0.1, -0.05) is 12.8 Å². The first-order chi connectivity index (χ1) is 12.5. The Morgan fingerprint density at radius 2 is 2.04 bits per heavy atom. The van der Waals surface area contributed by atoms with Crippen LogP contribution in [0.4, 0.5) is 0 Å². The molecule has 0 aliphatic heterocycles. The average Bonchev–Trinajstić information content (AvgIpc) is 3.28. The first-order valence-corrected chi connectivity index (χ1v) is 8.95. The summed E-state index contributed by atoms with van der Waals surface area (Å²) in [6, 6.07) is 5.29. The molecule has 3 rings (SSSR count). The largest absolute Gasteiger partial charge is 0.465 e. The summed E-state index contributed by atoms with van der Waals surface area (Å²) in [6.07, 6.45) is 4.04. The number of rotatable bonds is 6. The molecule has 1 aromatic carbocycles. The highest BCUT2D eigenvalue weighted by molar-refractivity contribution is 5.95. The number of benzene rings is 1. The first kappa shape index (κ1) is 18.4. The van der Waals surface area contributed by atoms with Gasteiger partial charge in [-0.3, -0.25) is 9.89 Å². The van der Waals surface area contributed by atoms with E-state index in [0.29, 0.717) is 18.7 Å². The van der Waals surface area contributed by atoms with Gasteiger partial charge < -0.3 is 15.0 Å². The first-order valence-electron chi connectivity index (χ1n) is 8.95. The summed E-state index contributed by atoms with van der Waals surface area (Å²) in [6.45, 7) is 1.20. The topological polar surface area (TPSA) is 87.3 Å². The average molecular weight is 358 g/mol. The Balaban J connectivity index is 1.73. The van der Waals surface area contributed by atoms with E-state index in [0.717, 1.165) is 42.3 Å². The van der Waals surface area contributed by atoms with Gasteiger partial charge in [-0.2, -0.15) is 5.10 Å². The van der Waals surface area contributed by atoms with Crippen LogP contribution in [-0.2, 0) is 16.1 Å². The number of nitrogens with zero attached hydrogens (tertiary/aromatic N) is 2. The van der Waals surface area contributed by atoms with E-state index in [4.69, 9.17) is 4.74 Å². The van der Waals surface area contributed by atoms with E-state index in [2.05, 4.69) is 15.5 Å². The summed E-state index contributed by atoms with van der Waals surface area (Å²) in [4.78, 5) is 26.1. The smallest absolute Gasteiger partial charge is 0.337 e. The van der Waals surface area contributed by atoms with Crippen molar-refractivity contribution in [2.75, 3.05) is 27.7 Å². The lowest BCUT2D eigenvalue weighted by molar-refractivity contribution is -0.139. The number of aromatic amines is 1. The molecule has 0 bridgehead atoms. The minimum atomic E-state index is -0.367. The number of ether oxygens (including phenoxy) is 1. The van der Waals surface area contributed by atoms with Crippen molar-refractivity contribution < 1.29 is 14.3 Å². The van der Waals surface area contributed by atoms with Gasteiger partial charge in [-0.05, 0) is 31.0 Å². The molecule has 7 nitrogen and oxygen atoms in total. The van der Waals surface area contributed by atoms with Crippen LogP contribution in [0.1, 0.15) is 41.7 Å². The molecule has 1 aliphatic rings. The Kier molecular flexibility index (Phi) is 5.27. The summed E-state index contributed by atoms with van der Waals surface area (Å²) in [5, 5.41) is 11.6. The van der Waals surface area contributed by atoms with Crippen molar-refractivity contribution in [1.82, 2.24) is 20.4 Å². The van der Waals surface area contributed by atoms with Crippen LogP contribution < -0.4 is 5.32 Å². The van der Waals surface area contributed by atoms with Gasteiger partial charge in [0.2, 0.25) is 5.91 Å². The Morgan fingerprint density at radius 3 is 2.69 bits per heavy atom. The number of methoxy groups -OCH3 is 1. The van der Waals surface area contributed by atoms with E-state index in [1.54, 1.807) is 23.1 Å². The quantitative estimate of drug-likeness (QED) is 0.772. The minimum absolute atomic E-state index is 0.199. The maximum atomic E-state index is 12.6. The molecule has 2 aromatic rings. The van der Waals surface area contributed by atoms with Crippen molar-refractivity contribution in [2.45, 2.75) is 32.2 Å². The van der Waals surface area contributed by atoms with Gasteiger partial charge in [0.1, 0.15) is 0 Å². The van der Waals surface area contributed by atoms with Crippen LogP contribution in [0.25, 0.3) is 10.9 Å². The van der Waals surface area contributed by atoms with E-state index >= 15 is 0 Å². The number of esters is 1. The maximum absolute atomic E-state index is 12.6. The Morgan fingerprint density at radius 1 is 1.31 bits per heavy atom. The molecule has 0 spiro atoms. The molecule has 140 valence electrons. The van der Waals surface area contributed by atoms with Crippen molar-refractivity contribution >= 4 is 22.8 Å². The van der Waals surface area contributed by atoms with Crippen LogP contribution in [-0.4, -0.2) is 54.7 Å². The number of hydrogen-bond acceptors (Lipinski definition) is 5. The predicted octanol–water partition coefficient (Wildman–Crippen LogP) is 2.09. The van der Waals surface area contributed by atoms with Crippen LogP contribution in [0.5, 0.6) is 0 Å². The summed E-state index contributed by atoms with van der Waals surface area (Å²) in [5.41, 5.74) is 1.89. The monoisotopic (exact) mass is 358 g/mol. The Hall–Kier alpha value is -2.41. The van der Waals surface area contributed by atoms with E-state index < -0.39 is 0 Å². The second-order valence-electron chi connectivity index (χ2n) is 7.22. The number of fused-ring (bicyclic) bond motifs is 1. The molecule has 2 N–H and O–H groups in total. The van der Waals surface area contributed by atoms with E-state index in [1.165, 1.54) is 7.11 Å². The van der Waals surface area contributed by atoms with Gasteiger partial charge in [0, 0.05) is 32.6 Å². The normalized spacial score (nSPS) is 16.0. The summed E-state index contributed by atoms with van der Waals surface area (Å²) >= 11 is 0. The van der Waals surface area contributed by atoms with Gasteiger partial charge in [0.05, 0.1) is 29.3 Å². The summed E-state index contributed by atoms with van der Waals surface area (Å²) < 4.78 is 4.78. The standard InChI is InChI=1S/C19H26N4O3/c1-23(2)18(25)19(8-4-5-9-19)12-20-11-16-14-10-13(17(24)26-3)6-7-15(14)21-22-16/h6-7,10,20H,4-5,8-9,11-12H2,1-3H3,(H,21,22). The molecular weight excluding hydrogens is 332 g/mol. The fourth-order valence-electron chi connectivity index (χ4n) is 3.86. The fourth-order valence-corrected chi connectivity index (χ4v) is 3.86. The Labute approximate surface area is 153 Å². The highest BCUT2D eigenvalue weighted by Gasteiger charge is 2.41. The molecule has 26 heavy (non-hydrogen) atoms. The lowest BCUT2D eigenvalue weighted by Crippen LogP contribution is -2.45. The third kappa shape index (κ3) is 3.44. The molecule has 1 aromatic heterocycles. The van der Waals surface area contributed by atoms with Crippen molar-refractivity contribution in [3.8, 4) is 0 Å². The minimum Gasteiger partial charge on any atom is -0.465 e. The van der Waals surface area contributed by atoms with Crippen LogP contribution in [0.15, 0.2) is 18.2 Å². The van der Waals surface area contributed by atoms with Crippen LogP contribution in [0.2, 0.25) is 0 Å². The molecule has 1 saturated carbocycles. The van der Waals surface area contributed by atoms with Crippen LogP contribution in [0, 0.1) is 5.41 Å². The molecule has 7 heteroatoms. The molecule has 1 heterocycles. The molecule has 0 atom stereocenters. The molecule has 1 amide bonds. The second-order valence-corrected chi connectivity index (χ2v) is 7.22. The maximum Gasteiger partial charge on any atom is 0.337 e. The van der Waals surface area contributed by atoms with Crippen molar-refractivity contribution in [3.63, 3.8) is 0 Å². The highest BCUT2D eigenvalue weighted by atomic mass is 16.5. The number of amides is 1. The van der Waals surface area contributed by atoms with Crippen molar-refractivity contribution in [3.05, 3.63) is 29.5 Å². The Bertz CT molecular complexity index is 806. The second kappa shape index (κ2) is 7.45. The molecule has 1 aliphatic carbocycles. The van der Waals surface area contributed by atoms with E-state index in [1.807, 2.05) is 14.1 Å². The fraction of sp³-hybridized carbons (Fsp3) is 0.526. The lowest BCUT2D eigenvalue weighted by atomic mass is 9.84. The molecule has 0 radical (unpaired) electrons. The molecule has 0 saturated heterocycles. The predicted molar refractivity (Wildman–Crippen MR) is 98.7 cm³/mol. The zero-order chi connectivity index (χ0) is 18.7. The molecule has 0 unspecified atom stereocenters. The molecule has 1 fully saturated rings. The third-order valence-electron chi connectivity index (χ3n) is 5.24. The number of aromatic nitrogens is 2. The van der Waals surface area contributed by atoms with E-state index in [-0.39, 0.29) is 17.3 Å². The summed E-state index contributed by atoms with van der Waals surface area (Å²) in [7, 11) is 5.01. The zero-order valence-electron chi connectivity index (χ0n) is 15.6. The summed E-state index contributed by atoms with van der Waals surface area (Å²) in [5.74, 6) is -0.168.